The molecule has 2 heterocycles. The molecule has 0 atom stereocenters. The van der Waals surface area contributed by atoms with Crippen molar-refractivity contribution in [3.63, 3.8) is 0 Å². The van der Waals surface area contributed by atoms with Crippen LogP contribution < -0.4 is 0 Å². The lowest BCUT2D eigenvalue weighted by Crippen LogP contribution is -1.49. The molecule has 0 aliphatic heterocycles. The highest BCUT2D eigenvalue weighted by Crippen LogP contribution is 2.13. The van der Waals surface area contributed by atoms with Crippen LogP contribution in [0.3, 0.4) is 0 Å². The van der Waals surface area contributed by atoms with Gasteiger partial charge in [-0.3, -0.25) is 4.79 Å². The van der Waals surface area contributed by atoms with Crippen molar-refractivity contribution >= 4 is 17.6 Å². The van der Waals surface area contributed by atoms with Gasteiger partial charge in [-0.2, -0.15) is 0 Å². The van der Waals surface area contributed by atoms with Gasteiger partial charge in [0.15, 0.2) is 0 Å². The fourth-order valence-electron chi connectivity index (χ4n) is 0.712. The average Bonchev–Trinajstić information content (AvgIpc) is 2.49. The summed E-state index contributed by atoms with van der Waals surface area (Å²) in [5, 5.41) is 6.89. The third-order valence-corrected chi connectivity index (χ3v) is 1.06. The van der Waals surface area contributed by atoms with Gasteiger partial charge in [-0.25, -0.2) is 0 Å². The van der Waals surface area contributed by atoms with E-state index in [2.05, 4.69) is 0 Å². The first-order chi connectivity index (χ1) is 4.86. The third kappa shape index (κ3) is 1.25. The Kier molecular flexibility index (Phi) is 1.89. The molecule has 3 nitrogen and oxygen atoms in total. The van der Waals surface area contributed by atoms with Crippen molar-refractivity contribution in [2.75, 3.05) is 0 Å². The molecular formula is C7H6O3. The molecule has 0 saturated heterocycles. The summed E-state index contributed by atoms with van der Waals surface area (Å²) in [5.74, 6) is 0. The number of hydrogen-bond donors (Lipinski definition) is 1. The monoisotopic (exact) mass is 138 g/mol. The lowest BCUT2D eigenvalue weighted by atomic mass is 10.4. The fraction of sp³-hybridized carbons (Fsp3) is 0. The molecular weight excluding hydrogens is 132 g/mol. The number of fused-ring (bicyclic) bond motifs is 2. The second-order valence-electron chi connectivity index (χ2n) is 1.68. The molecule has 0 spiro atoms. The summed E-state index contributed by atoms with van der Waals surface area (Å²) in [5.41, 5.74) is 1.94. The van der Waals surface area contributed by atoms with Gasteiger partial charge < -0.3 is 9.52 Å². The Morgan fingerprint density at radius 2 is 1.50 bits per heavy atom. The van der Waals surface area contributed by atoms with Crippen LogP contribution in [0.2, 0.25) is 0 Å². The SMILES string of the molecule is O=CO.c1cc2ccc1o2. The minimum absolute atomic E-state index is 0.250. The van der Waals surface area contributed by atoms with Gasteiger partial charge in [0.2, 0.25) is 0 Å². The van der Waals surface area contributed by atoms with Crippen molar-refractivity contribution in [2.45, 2.75) is 0 Å². The number of carboxylic acid groups (broad SMARTS) is 1. The predicted molar refractivity (Wildman–Crippen MR) is 36.1 cm³/mol. The number of hydrogen-bond acceptors (Lipinski definition) is 2. The highest BCUT2D eigenvalue weighted by molar-refractivity contribution is 5.59. The first-order valence-electron chi connectivity index (χ1n) is 2.72. The Morgan fingerprint density at radius 3 is 1.60 bits per heavy atom. The zero-order valence-corrected chi connectivity index (χ0v) is 5.15. The molecule has 2 aromatic rings. The zero-order chi connectivity index (χ0) is 7.40. The van der Waals surface area contributed by atoms with Crippen molar-refractivity contribution in [3.05, 3.63) is 24.3 Å². The average molecular weight is 138 g/mol. The van der Waals surface area contributed by atoms with E-state index in [9.17, 15) is 0 Å². The lowest BCUT2D eigenvalue weighted by molar-refractivity contribution is -0.122. The first-order valence-corrected chi connectivity index (χ1v) is 2.72. The molecule has 2 bridgehead atoms. The van der Waals surface area contributed by atoms with Crippen molar-refractivity contribution in [2.24, 2.45) is 0 Å². The van der Waals surface area contributed by atoms with Gasteiger partial charge in [-0.1, -0.05) is 0 Å². The van der Waals surface area contributed by atoms with Crippen molar-refractivity contribution < 1.29 is 14.3 Å². The molecule has 2 rings (SSSR count). The summed E-state index contributed by atoms with van der Waals surface area (Å²) < 4.78 is 5.08. The number of rotatable bonds is 0. The molecule has 1 N–H and O–H groups in total. The molecule has 0 amide bonds. The van der Waals surface area contributed by atoms with E-state index in [1.165, 1.54) is 0 Å². The quantitative estimate of drug-likeness (QED) is 0.562. The van der Waals surface area contributed by atoms with Crippen LogP contribution in [-0.2, 0) is 4.79 Å². The number of benzene rings is 1. The summed E-state index contributed by atoms with van der Waals surface area (Å²) in [4.78, 5) is 8.36. The van der Waals surface area contributed by atoms with Gasteiger partial charge in [0.1, 0.15) is 11.2 Å². The Balaban J connectivity index is 0.000000148. The van der Waals surface area contributed by atoms with E-state index in [4.69, 9.17) is 14.3 Å². The Bertz CT molecular complexity index is 241. The van der Waals surface area contributed by atoms with Crippen molar-refractivity contribution in [3.8, 4) is 0 Å². The second kappa shape index (κ2) is 2.87. The van der Waals surface area contributed by atoms with E-state index in [1.807, 2.05) is 24.3 Å². The fourth-order valence-corrected chi connectivity index (χ4v) is 0.712. The molecule has 0 saturated carbocycles. The van der Waals surface area contributed by atoms with Crippen LogP contribution in [0.5, 0.6) is 0 Å². The molecule has 3 heteroatoms. The van der Waals surface area contributed by atoms with E-state index in [1.54, 1.807) is 0 Å². The Morgan fingerprint density at radius 1 is 1.20 bits per heavy atom. The second-order valence-corrected chi connectivity index (χ2v) is 1.68. The Labute approximate surface area is 57.2 Å². The molecule has 10 heavy (non-hydrogen) atoms. The Hall–Kier alpha value is -1.51. The standard InChI is InChI=1S/C6H4O.CH2O2/c1-2-6-4-3-5(1)7-6;2-1-3/h1-4H;1H,(H,2,3). The van der Waals surface area contributed by atoms with E-state index in [0.717, 1.165) is 11.2 Å². The summed E-state index contributed by atoms with van der Waals surface area (Å²) >= 11 is 0. The van der Waals surface area contributed by atoms with Crippen LogP contribution in [0.25, 0.3) is 11.2 Å². The van der Waals surface area contributed by atoms with Crippen molar-refractivity contribution in [1.29, 1.82) is 0 Å². The highest BCUT2D eigenvalue weighted by atomic mass is 16.3. The van der Waals surface area contributed by atoms with Gasteiger partial charge in [-0.05, 0) is 24.3 Å². The maximum absolute atomic E-state index is 8.36. The van der Waals surface area contributed by atoms with E-state index >= 15 is 0 Å². The number of carbonyl (C=O) groups is 1. The van der Waals surface area contributed by atoms with E-state index < -0.39 is 0 Å². The van der Waals surface area contributed by atoms with Gasteiger partial charge >= 0.3 is 0 Å². The van der Waals surface area contributed by atoms with Crippen LogP contribution in [0.1, 0.15) is 0 Å². The minimum Gasteiger partial charge on any atom is -0.483 e. The number of furan rings is 2. The summed E-state index contributed by atoms with van der Waals surface area (Å²) in [6.45, 7) is -0.250. The summed E-state index contributed by atoms with van der Waals surface area (Å²) in [6.07, 6.45) is 0. The molecule has 0 aliphatic carbocycles. The maximum Gasteiger partial charge on any atom is 0.290 e. The molecule has 0 fully saturated rings. The lowest BCUT2D eigenvalue weighted by Gasteiger charge is -1.60. The van der Waals surface area contributed by atoms with Crippen LogP contribution in [0.15, 0.2) is 28.7 Å². The van der Waals surface area contributed by atoms with Crippen LogP contribution in [0, 0.1) is 0 Å². The van der Waals surface area contributed by atoms with Crippen LogP contribution in [0.4, 0.5) is 0 Å². The molecule has 0 aromatic carbocycles. The first kappa shape index (κ1) is 6.61. The van der Waals surface area contributed by atoms with Crippen molar-refractivity contribution in [1.82, 2.24) is 0 Å². The molecule has 52 valence electrons. The van der Waals surface area contributed by atoms with Crippen LogP contribution in [-0.4, -0.2) is 11.6 Å². The normalized spacial score (nSPS) is 8.80. The van der Waals surface area contributed by atoms with Gasteiger partial charge in [0.25, 0.3) is 6.47 Å². The molecule has 0 radical (unpaired) electrons. The minimum atomic E-state index is -0.250. The van der Waals surface area contributed by atoms with Gasteiger partial charge in [-0.15, -0.1) is 0 Å². The third-order valence-electron chi connectivity index (χ3n) is 1.06. The molecule has 2 aromatic heterocycles. The maximum atomic E-state index is 8.36. The topological polar surface area (TPSA) is 50.4 Å². The smallest absolute Gasteiger partial charge is 0.290 e. The molecule has 0 unspecified atom stereocenters. The van der Waals surface area contributed by atoms with E-state index in [-0.39, 0.29) is 6.47 Å². The summed E-state index contributed by atoms with van der Waals surface area (Å²) in [7, 11) is 0. The van der Waals surface area contributed by atoms with Crippen LogP contribution >= 0.6 is 0 Å². The van der Waals surface area contributed by atoms with Gasteiger partial charge in [0, 0.05) is 0 Å². The molecule has 0 aliphatic rings. The zero-order valence-electron chi connectivity index (χ0n) is 5.15. The largest absolute Gasteiger partial charge is 0.483 e. The predicted octanol–water partition coefficient (Wildman–Crippen LogP) is 1.57. The summed E-state index contributed by atoms with van der Waals surface area (Å²) in [6, 6.07) is 7.81. The van der Waals surface area contributed by atoms with Gasteiger partial charge in [0.05, 0.1) is 0 Å². The highest BCUT2D eigenvalue weighted by Gasteiger charge is 1.91. The van der Waals surface area contributed by atoms with E-state index in [0.29, 0.717) is 0 Å².